The molecule has 2 aromatic carbocycles. The maximum Gasteiger partial charge on any atom is 0.487 e. The van der Waals surface area contributed by atoms with Crippen LogP contribution < -0.4 is 15.0 Å². The van der Waals surface area contributed by atoms with Gasteiger partial charge in [0.2, 0.25) is 5.91 Å². The highest BCUT2D eigenvalue weighted by Gasteiger charge is 2.44. The molecule has 0 atom stereocenters. The maximum absolute atomic E-state index is 13.0. The molecular formula is C22H19ClF2N4O3. The number of fused-ring (bicyclic) bond motifs is 1. The monoisotopic (exact) mass is 460 g/mol. The first kappa shape index (κ1) is 21.8. The quantitative estimate of drug-likeness (QED) is 0.538. The van der Waals surface area contributed by atoms with Crippen molar-refractivity contribution in [3.05, 3.63) is 59.8 Å². The number of nitrogens with zero attached hydrogens (tertiary/aromatic N) is 2. The molecule has 2 amide bonds. The fraction of sp³-hybridized carbons (Fsp3) is 0.227. The highest BCUT2D eigenvalue weighted by Crippen LogP contribution is 2.46. The van der Waals surface area contributed by atoms with Gasteiger partial charge in [0.15, 0.2) is 0 Å². The van der Waals surface area contributed by atoms with Gasteiger partial charge in [-0.3, -0.25) is 14.7 Å². The number of aromatic nitrogens is 2. The SMILES string of the molecule is CN1C(=O)C(C)(C)c2c(-c3ccn[nH]3)cc(C(=O)Nc3ccc(OC(F)(F)Cl)cc3)cc21. The van der Waals surface area contributed by atoms with Crippen molar-refractivity contribution < 1.29 is 23.1 Å². The van der Waals surface area contributed by atoms with Gasteiger partial charge in [0.1, 0.15) is 5.75 Å². The Bertz CT molecular complexity index is 1190. The van der Waals surface area contributed by atoms with Crippen LogP contribution in [0.3, 0.4) is 0 Å². The topological polar surface area (TPSA) is 87.3 Å². The number of carbonyl (C=O) groups excluding carboxylic acids is 2. The van der Waals surface area contributed by atoms with E-state index in [2.05, 4.69) is 20.3 Å². The molecule has 1 aromatic heterocycles. The van der Waals surface area contributed by atoms with Crippen LogP contribution >= 0.6 is 11.6 Å². The number of halogens is 3. The summed E-state index contributed by atoms with van der Waals surface area (Å²) in [7, 11) is 1.67. The van der Waals surface area contributed by atoms with Crippen molar-refractivity contribution in [3.8, 4) is 17.0 Å². The normalized spacial score (nSPS) is 14.9. The molecular weight excluding hydrogens is 442 g/mol. The summed E-state index contributed by atoms with van der Waals surface area (Å²) < 4.78 is 29.8. The minimum Gasteiger partial charge on any atom is -0.420 e. The number of likely N-dealkylation sites (N-methyl/N-ethyl adjacent to an activating group) is 1. The van der Waals surface area contributed by atoms with Gasteiger partial charge in [-0.25, -0.2) is 0 Å². The molecule has 4 rings (SSSR count). The second kappa shape index (κ2) is 7.59. The molecule has 0 saturated heterocycles. The number of nitrogens with one attached hydrogen (secondary N) is 2. The zero-order chi connectivity index (χ0) is 23.3. The van der Waals surface area contributed by atoms with Crippen LogP contribution in [0.15, 0.2) is 48.7 Å². The number of carbonyl (C=O) groups is 2. The first-order valence-corrected chi connectivity index (χ1v) is 9.99. The fourth-order valence-electron chi connectivity index (χ4n) is 3.88. The van der Waals surface area contributed by atoms with Gasteiger partial charge in [-0.2, -0.15) is 5.10 Å². The molecule has 0 aliphatic carbocycles. The molecule has 2 heterocycles. The largest absolute Gasteiger partial charge is 0.487 e. The van der Waals surface area contributed by atoms with E-state index in [0.29, 0.717) is 28.2 Å². The van der Waals surface area contributed by atoms with E-state index < -0.39 is 16.9 Å². The van der Waals surface area contributed by atoms with Gasteiger partial charge in [0.25, 0.3) is 5.91 Å². The molecule has 0 bridgehead atoms. The highest BCUT2D eigenvalue weighted by molar-refractivity contribution is 6.20. The zero-order valence-electron chi connectivity index (χ0n) is 17.4. The third-order valence-electron chi connectivity index (χ3n) is 5.34. The predicted octanol–water partition coefficient (Wildman–Crippen LogP) is 4.75. The van der Waals surface area contributed by atoms with E-state index in [0.717, 1.165) is 5.56 Å². The van der Waals surface area contributed by atoms with Crippen LogP contribution in [0.5, 0.6) is 5.75 Å². The Labute approximate surface area is 187 Å². The number of amides is 2. The average Bonchev–Trinajstić information content (AvgIpc) is 3.31. The fourth-order valence-corrected chi connectivity index (χ4v) is 3.97. The van der Waals surface area contributed by atoms with Crippen molar-refractivity contribution in [2.75, 3.05) is 17.3 Å². The summed E-state index contributed by atoms with van der Waals surface area (Å²) in [5.74, 6) is -0.669. The lowest BCUT2D eigenvalue weighted by molar-refractivity contribution is -0.121. The number of rotatable bonds is 5. The van der Waals surface area contributed by atoms with Crippen molar-refractivity contribution in [1.29, 1.82) is 0 Å². The minimum absolute atomic E-state index is 0.0856. The van der Waals surface area contributed by atoms with Crippen molar-refractivity contribution in [1.82, 2.24) is 10.2 Å². The predicted molar refractivity (Wildman–Crippen MR) is 116 cm³/mol. The molecule has 0 spiro atoms. The first-order valence-electron chi connectivity index (χ1n) is 9.61. The van der Waals surface area contributed by atoms with Gasteiger partial charge >= 0.3 is 5.57 Å². The minimum atomic E-state index is -3.82. The van der Waals surface area contributed by atoms with Crippen LogP contribution in [-0.2, 0) is 10.2 Å². The summed E-state index contributed by atoms with van der Waals surface area (Å²) in [4.78, 5) is 27.4. The number of anilines is 2. The van der Waals surface area contributed by atoms with Crippen LogP contribution in [-0.4, -0.2) is 34.6 Å². The third kappa shape index (κ3) is 3.91. The highest BCUT2D eigenvalue weighted by atomic mass is 35.5. The molecule has 166 valence electrons. The standard InChI is InChI=1S/C22H19ClF2N4O3/c1-21(2)18-15(16-8-9-26-28-16)10-12(11-17(18)29(3)20(21)31)19(30)27-13-4-6-14(7-5-13)32-22(23,24)25/h4-11H,1-3H3,(H,26,28)(H,27,30). The summed E-state index contributed by atoms with van der Waals surface area (Å²) in [6.45, 7) is 3.68. The molecule has 0 fully saturated rings. The smallest absolute Gasteiger partial charge is 0.420 e. The first-order chi connectivity index (χ1) is 15.0. The van der Waals surface area contributed by atoms with Crippen molar-refractivity contribution in [2.45, 2.75) is 24.8 Å². The molecule has 1 aliphatic rings. The van der Waals surface area contributed by atoms with Crippen LogP contribution in [0.1, 0.15) is 29.8 Å². The molecule has 2 N–H and O–H groups in total. The van der Waals surface area contributed by atoms with Crippen molar-refractivity contribution in [2.24, 2.45) is 0 Å². The molecule has 10 heteroatoms. The Morgan fingerprint density at radius 3 is 2.50 bits per heavy atom. The lowest BCUT2D eigenvalue weighted by Gasteiger charge is -2.19. The molecule has 0 saturated carbocycles. The Morgan fingerprint density at radius 1 is 1.22 bits per heavy atom. The van der Waals surface area contributed by atoms with Gasteiger partial charge in [-0.15, -0.1) is 8.78 Å². The van der Waals surface area contributed by atoms with Crippen LogP contribution in [0.2, 0.25) is 0 Å². The van der Waals surface area contributed by atoms with E-state index in [9.17, 15) is 18.4 Å². The van der Waals surface area contributed by atoms with Gasteiger partial charge in [-0.05, 0) is 56.3 Å². The Kier molecular flexibility index (Phi) is 5.16. The van der Waals surface area contributed by atoms with Crippen LogP contribution in [0.4, 0.5) is 20.2 Å². The van der Waals surface area contributed by atoms with E-state index in [-0.39, 0.29) is 11.7 Å². The van der Waals surface area contributed by atoms with E-state index >= 15 is 0 Å². The van der Waals surface area contributed by atoms with Gasteiger partial charge in [0, 0.05) is 52.9 Å². The number of benzene rings is 2. The zero-order valence-corrected chi connectivity index (χ0v) is 18.1. The summed E-state index contributed by atoms with van der Waals surface area (Å²) >= 11 is 4.76. The molecule has 0 radical (unpaired) electrons. The van der Waals surface area contributed by atoms with Crippen molar-refractivity contribution >= 4 is 34.8 Å². The van der Waals surface area contributed by atoms with E-state index in [1.165, 1.54) is 29.2 Å². The van der Waals surface area contributed by atoms with Gasteiger partial charge in [0.05, 0.1) is 11.1 Å². The Hall–Kier alpha value is -3.46. The summed E-state index contributed by atoms with van der Waals surface area (Å²) in [5.41, 5.74) is -1.11. The summed E-state index contributed by atoms with van der Waals surface area (Å²) in [5, 5.41) is 9.60. The van der Waals surface area contributed by atoms with Crippen LogP contribution in [0.25, 0.3) is 11.3 Å². The number of hydrogen-bond acceptors (Lipinski definition) is 4. The van der Waals surface area contributed by atoms with E-state index in [1.807, 2.05) is 13.8 Å². The molecule has 1 aliphatic heterocycles. The summed E-state index contributed by atoms with van der Waals surface area (Å²) in [6.07, 6.45) is 1.59. The molecule has 32 heavy (non-hydrogen) atoms. The van der Waals surface area contributed by atoms with Crippen molar-refractivity contribution in [3.63, 3.8) is 0 Å². The molecule has 7 nitrogen and oxygen atoms in total. The lowest BCUT2D eigenvalue weighted by atomic mass is 9.81. The number of ether oxygens (including phenoxy) is 1. The third-order valence-corrected chi connectivity index (χ3v) is 5.42. The Morgan fingerprint density at radius 2 is 1.91 bits per heavy atom. The Balaban J connectivity index is 1.68. The number of hydrogen-bond donors (Lipinski definition) is 2. The number of alkyl halides is 3. The number of aromatic amines is 1. The average molecular weight is 461 g/mol. The molecule has 0 unspecified atom stereocenters. The maximum atomic E-state index is 13.0. The van der Waals surface area contributed by atoms with Crippen LogP contribution in [0, 0.1) is 0 Å². The van der Waals surface area contributed by atoms with E-state index in [4.69, 9.17) is 11.6 Å². The second-order valence-electron chi connectivity index (χ2n) is 7.90. The second-order valence-corrected chi connectivity index (χ2v) is 8.34. The lowest BCUT2D eigenvalue weighted by Crippen LogP contribution is -2.33. The van der Waals surface area contributed by atoms with Gasteiger partial charge in [-0.1, -0.05) is 0 Å². The molecule has 3 aromatic rings. The summed E-state index contributed by atoms with van der Waals surface area (Å²) in [6, 6.07) is 10.5. The van der Waals surface area contributed by atoms with E-state index in [1.54, 1.807) is 31.4 Å². The number of H-pyrrole nitrogens is 1. The van der Waals surface area contributed by atoms with Gasteiger partial charge < -0.3 is 15.0 Å².